The fourth-order valence-electron chi connectivity index (χ4n) is 2.07. The molecule has 1 rings (SSSR count). The molecule has 0 radical (unpaired) electrons. The van der Waals surface area contributed by atoms with E-state index in [1.165, 1.54) is 11.1 Å². The zero-order chi connectivity index (χ0) is 13.8. The molecular weight excluding hydrogens is 226 g/mol. The second-order valence-electron chi connectivity index (χ2n) is 5.25. The number of rotatable bonds is 6. The van der Waals surface area contributed by atoms with E-state index in [4.69, 9.17) is 9.47 Å². The van der Waals surface area contributed by atoms with Crippen molar-refractivity contribution in [2.75, 3.05) is 21.3 Å². The summed E-state index contributed by atoms with van der Waals surface area (Å²) in [7, 11) is 5.43. The van der Waals surface area contributed by atoms with Gasteiger partial charge in [0.15, 0.2) is 0 Å². The Morgan fingerprint density at radius 3 is 2.44 bits per heavy atom. The third-order valence-electron chi connectivity index (χ3n) is 3.36. The Bertz CT molecular complexity index is 388. The van der Waals surface area contributed by atoms with Crippen molar-refractivity contribution in [3.05, 3.63) is 29.3 Å². The van der Waals surface area contributed by atoms with Crippen molar-refractivity contribution in [1.29, 1.82) is 0 Å². The standard InChI is InChI=1S/C15H25NO2/c1-11-7-8-14(17-5)12(9-11)13(16-4)10-15(2,3)18-6/h7-9,13,16H,10H2,1-6H3. The van der Waals surface area contributed by atoms with Crippen LogP contribution in [0.1, 0.15) is 37.4 Å². The van der Waals surface area contributed by atoms with E-state index in [0.29, 0.717) is 0 Å². The maximum atomic E-state index is 5.51. The third kappa shape index (κ3) is 3.72. The molecule has 0 aliphatic rings. The molecule has 0 heterocycles. The van der Waals surface area contributed by atoms with Gasteiger partial charge in [-0.2, -0.15) is 0 Å². The first kappa shape index (κ1) is 15.0. The van der Waals surface area contributed by atoms with Crippen molar-refractivity contribution in [2.24, 2.45) is 0 Å². The first-order valence-corrected chi connectivity index (χ1v) is 6.30. The molecule has 102 valence electrons. The van der Waals surface area contributed by atoms with Crippen LogP contribution in [0.15, 0.2) is 18.2 Å². The minimum Gasteiger partial charge on any atom is -0.496 e. The van der Waals surface area contributed by atoms with Crippen LogP contribution in [-0.2, 0) is 4.74 Å². The Balaban J connectivity index is 3.04. The summed E-state index contributed by atoms with van der Waals surface area (Å²) in [5.74, 6) is 0.923. The fraction of sp³-hybridized carbons (Fsp3) is 0.600. The van der Waals surface area contributed by atoms with Crippen LogP contribution in [0.25, 0.3) is 0 Å². The van der Waals surface area contributed by atoms with E-state index in [0.717, 1.165) is 12.2 Å². The molecule has 1 aromatic carbocycles. The summed E-state index contributed by atoms with van der Waals surface area (Å²) in [6.45, 7) is 6.29. The molecule has 0 amide bonds. The second-order valence-corrected chi connectivity index (χ2v) is 5.25. The molecular formula is C15H25NO2. The highest BCUT2D eigenvalue weighted by atomic mass is 16.5. The van der Waals surface area contributed by atoms with Gasteiger partial charge in [0.2, 0.25) is 0 Å². The highest BCUT2D eigenvalue weighted by molar-refractivity contribution is 5.39. The van der Waals surface area contributed by atoms with Gasteiger partial charge in [0.1, 0.15) is 5.75 Å². The van der Waals surface area contributed by atoms with Crippen LogP contribution in [0.4, 0.5) is 0 Å². The lowest BCUT2D eigenvalue weighted by atomic mass is 9.92. The number of benzene rings is 1. The monoisotopic (exact) mass is 251 g/mol. The molecule has 0 aliphatic carbocycles. The molecule has 3 heteroatoms. The Kier molecular flexibility index (Phi) is 5.17. The summed E-state index contributed by atoms with van der Waals surface area (Å²) >= 11 is 0. The van der Waals surface area contributed by atoms with E-state index >= 15 is 0 Å². The lowest BCUT2D eigenvalue weighted by Crippen LogP contribution is -2.30. The summed E-state index contributed by atoms with van der Waals surface area (Å²) in [6.07, 6.45) is 0.889. The van der Waals surface area contributed by atoms with Gasteiger partial charge in [-0.25, -0.2) is 0 Å². The molecule has 0 aliphatic heterocycles. The van der Waals surface area contributed by atoms with Gasteiger partial charge in [-0.1, -0.05) is 17.7 Å². The topological polar surface area (TPSA) is 30.5 Å². The molecule has 18 heavy (non-hydrogen) atoms. The SMILES string of the molecule is CNC(CC(C)(C)OC)c1cc(C)ccc1OC. The first-order valence-electron chi connectivity index (χ1n) is 6.30. The van der Waals surface area contributed by atoms with Crippen molar-refractivity contribution < 1.29 is 9.47 Å². The Hall–Kier alpha value is -1.06. The molecule has 1 aromatic rings. The lowest BCUT2D eigenvalue weighted by molar-refractivity contribution is 0.00728. The van der Waals surface area contributed by atoms with Gasteiger partial charge in [-0.15, -0.1) is 0 Å². The Morgan fingerprint density at radius 1 is 1.28 bits per heavy atom. The largest absolute Gasteiger partial charge is 0.496 e. The predicted octanol–water partition coefficient (Wildman–Crippen LogP) is 3.08. The first-order chi connectivity index (χ1) is 8.43. The van der Waals surface area contributed by atoms with E-state index < -0.39 is 0 Å². The number of aryl methyl sites for hydroxylation is 1. The zero-order valence-corrected chi connectivity index (χ0v) is 12.3. The highest BCUT2D eigenvalue weighted by Gasteiger charge is 2.25. The Labute approximate surface area is 110 Å². The molecule has 1 unspecified atom stereocenters. The van der Waals surface area contributed by atoms with Crippen molar-refractivity contribution >= 4 is 0 Å². The van der Waals surface area contributed by atoms with Crippen molar-refractivity contribution in [3.8, 4) is 5.75 Å². The highest BCUT2D eigenvalue weighted by Crippen LogP contribution is 2.32. The van der Waals surface area contributed by atoms with Crippen LogP contribution in [-0.4, -0.2) is 26.9 Å². The maximum Gasteiger partial charge on any atom is 0.123 e. The van der Waals surface area contributed by atoms with Crippen LogP contribution < -0.4 is 10.1 Å². The number of ether oxygens (including phenoxy) is 2. The van der Waals surface area contributed by atoms with Gasteiger partial charge >= 0.3 is 0 Å². The van der Waals surface area contributed by atoms with E-state index in [2.05, 4.69) is 38.2 Å². The number of hydrogen-bond acceptors (Lipinski definition) is 3. The molecule has 0 spiro atoms. The number of methoxy groups -OCH3 is 2. The minimum atomic E-state index is -0.164. The van der Waals surface area contributed by atoms with Crippen molar-refractivity contribution in [1.82, 2.24) is 5.32 Å². The number of nitrogens with one attached hydrogen (secondary N) is 1. The second kappa shape index (κ2) is 6.21. The molecule has 0 saturated heterocycles. The van der Waals surface area contributed by atoms with Gasteiger partial charge in [-0.3, -0.25) is 0 Å². The van der Waals surface area contributed by atoms with Gasteiger partial charge in [0.05, 0.1) is 12.7 Å². The summed E-state index contributed by atoms with van der Waals surface area (Å²) in [5, 5.41) is 3.35. The average Bonchev–Trinajstić information content (AvgIpc) is 2.36. The molecule has 0 saturated carbocycles. The average molecular weight is 251 g/mol. The van der Waals surface area contributed by atoms with Gasteiger partial charge in [0, 0.05) is 18.7 Å². The zero-order valence-electron chi connectivity index (χ0n) is 12.3. The predicted molar refractivity (Wildman–Crippen MR) is 75.2 cm³/mol. The van der Waals surface area contributed by atoms with Crippen LogP contribution in [0.3, 0.4) is 0 Å². The summed E-state index contributed by atoms with van der Waals surface area (Å²) < 4.78 is 11.0. The van der Waals surface area contributed by atoms with Crippen LogP contribution in [0.2, 0.25) is 0 Å². The normalized spacial score (nSPS) is 13.4. The fourth-order valence-corrected chi connectivity index (χ4v) is 2.07. The number of hydrogen-bond donors (Lipinski definition) is 1. The van der Waals surface area contributed by atoms with Gasteiger partial charge < -0.3 is 14.8 Å². The minimum absolute atomic E-state index is 0.164. The van der Waals surface area contributed by atoms with E-state index in [1.54, 1.807) is 14.2 Å². The van der Waals surface area contributed by atoms with E-state index in [9.17, 15) is 0 Å². The summed E-state index contributed by atoms with van der Waals surface area (Å²) in [4.78, 5) is 0. The molecule has 1 N–H and O–H groups in total. The quantitative estimate of drug-likeness (QED) is 0.843. The molecule has 3 nitrogen and oxygen atoms in total. The third-order valence-corrected chi connectivity index (χ3v) is 3.36. The van der Waals surface area contributed by atoms with Crippen LogP contribution in [0.5, 0.6) is 5.75 Å². The molecule has 0 fully saturated rings. The Morgan fingerprint density at radius 2 is 1.94 bits per heavy atom. The summed E-state index contributed by atoms with van der Waals surface area (Å²) in [5.41, 5.74) is 2.26. The van der Waals surface area contributed by atoms with Crippen LogP contribution in [0, 0.1) is 6.92 Å². The molecule has 0 aromatic heterocycles. The van der Waals surface area contributed by atoms with Crippen molar-refractivity contribution in [3.63, 3.8) is 0 Å². The lowest BCUT2D eigenvalue weighted by Gasteiger charge is -2.29. The van der Waals surface area contributed by atoms with Gasteiger partial charge in [0.25, 0.3) is 0 Å². The van der Waals surface area contributed by atoms with Gasteiger partial charge in [-0.05, 0) is 40.3 Å². The van der Waals surface area contributed by atoms with Crippen molar-refractivity contribution in [2.45, 2.75) is 38.8 Å². The molecule has 0 bridgehead atoms. The van der Waals surface area contributed by atoms with E-state index in [1.807, 2.05) is 13.1 Å². The smallest absolute Gasteiger partial charge is 0.123 e. The maximum absolute atomic E-state index is 5.51. The van der Waals surface area contributed by atoms with Crippen LogP contribution >= 0.6 is 0 Å². The summed E-state index contributed by atoms with van der Waals surface area (Å²) in [6, 6.07) is 6.48. The van der Waals surface area contributed by atoms with E-state index in [-0.39, 0.29) is 11.6 Å². The molecule has 1 atom stereocenters.